The molecule has 2 aromatic carbocycles. The van der Waals surface area contributed by atoms with Crippen LogP contribution in [0.15, 0.2) is 48.5 Å². The first-order valence-corrected chi connectivity index (χ1v) is 10.9. The highest BCUT2D eigenvalue weighted by Gasteiger charge is 2.46. The third kappa shape index (κ3) is 6.50. The molecule has 0 radical (unpaired) electrons. The summed E-state index contributed by atoms with van der Waals surface area (Å²) in [5.74, 6) is -3.16. The molecule has 8 nitrogen and oxygen atoms in total. The fourth-order valence-electron chi connectivity index (χ4n) is 3.99. The molecule has 35 heavy (non-hydrogen) atoms. The Morgan fingerprint density at radius 2 is 1.60 bits per heavy atom. The Kier molecular flexibility index (Phi) is 8.34. The molecule has 11 heteroatoms. The zero-order valence-electron chi connectivity index (χ0n) is 18.8. The Balaban J connectivity index is 1.63. The predicted molar refractivity (Wildman–Crippen MR) is 119 cm³/mol. The van der Waals surface area contributed by atoms with Crippen LogP contribution < -0.4 is 10.6 Å². The summed E-state index contributed by atoms with van der Waals surface area (Å²) >= 11 is 0. The van der Waals surface area contributed by atoms with E-state index in [1.165, 1.54) is 0 Å². The quantitative estimate of drug-likeness (QED) is 0.466. The Morgan fingerprint density at radius 1 is 1.03 bits per heavy atom. The molecule has 2 atom stereocenters. The van der Waals surface area contributed by atoms with E-state index in [9.17, 15) is 27.6 Å². The highest BCUT2D eigenvalue weighted by atomic mass is 19.4. The minimum Gasteiger partial charge on any atom is -0.481 e. The second kappa shape index (κ2) is 11.2. The predicted octanol–water partition coefficient (Wildman–Crippen LogP) is 3.45. The van der Waals surface area contributed by atoms with Gasteiger partial charge in [0.1, 0.15) is 6.61 Å². The van der Waals surface area contributed by atoms with Gasteiger partial charge in [0.2, 0.25) is 6.04 Å². The molecule has 2 aromatic rings. The Labute approximate surface area is 199 Å². The summed E-state index contributed by atoms with van der Waals surface area (Å²) in [6.07, 6.45) is -8.05. The van der Waals surface area contributed by atoms with E-state index in [4.69, 9.17) is 14.6 Å². The van der Waals surface area contributed by atoms with E-state index in [0.717, 1.165) is 22.3 Å². The highest BCUT2D eigenvalue weighted by molar-refractivity contribution is 5.86. The smallest absolute Gasteiger partial charge is 0.417 e. The van der Waals surface area contributed by atoms with Gasteiger partial charge >= 0.3 is 18.2 Å². The maximum Gasteiger partial charge on any atom is 0.417 e. The molecule has 2 unspecified atom stereocenters. The number of aliphatic carboxylic acids is 1. The number of carbonyl (C=O) groups excluding carboxylic acids is 2. The van der Waals surface area contributed by atoms with Crippen molar-refractivity contribution in [2.75, 3.05) is 19.8 Å². The van der Waals surface area contributed by atoms with E-state index in [0.29, 0.717) is 0 Å². The third-order valence-electron chi connectivity index (χ3n) is 5.50. The van der Waals surface area contributed by atoms with Gasteiger partial charge in [0, 0.05) is 19.1 Å². The number of benzene rings is 2. The van der Waals surface area contributed by atoms with E-state index in [2.05, 4.69) is 0 Å². The lowest BCUT2D eigenvalue weighted by atomic mass is 9.98. The Morgan fingerprint density at radius 3 is 2.11 bits per heavy atom. The average Bonchev–Trinajstić information content (AvgIpc) is 3.12. The molecule has 0 aromatic heterocycles. The van der Waals surface area contributed by atoms with Crippen LogP contribution in [0.4, 0.5) is 18.0 Å². The molecular formula is C24H25F3N2O6. The van der Waals surface area contributed by atoms with E-state index in [1.54, 1.807) is 12.2 Å². The van der Waals surface area contributed by atoms with Gasteiger partial charge in [0.15, 0.2) is 0 Å². The first-order chi connectivity index (χ1) is 16.6. The van der Waals surface area contributed by atoms with Gasteiger partial charge in [-0.05, 0) is 29.2 Å². The second-order valence-corrected chi connectivity index (χ2v) is 7.86. The molecule has 0 aliphatic heterocycles. The minimum atomic E-state index is -5.11. The SMILES string of the molecule is CCOC(CNC(=O)C(NC(=O)OCC1c2ccccc2-c2ccccc21)C(F)(F)F)CC(=O)O. The normalized spacial score (nSPS) is 14.4. The molecule has 3 N–H and O–H groups in total. The lowest BCUT2D eigenvalue weighted by Gasteiger charge is -2.23. The van der Waals surface area contributed by atoms with Gasteiger partial charge in [0.25, 0.3) is 5.91 Å². The van der Waals surface area contributed by atoms with Crippen LogP contribution in [0.3, 0.4) is 0 Å². The van der Waals surface area contributed by atoms with Crippen LogP contribution in [0.2, 0.25) is 0 Å². The summed E-state index contributed by atoms with van der Waals surface area (Å²) in [5, 5.41) is 12.4. The summed E-state index contributed by atoms with van der Waals surface area (Å²) in [7, 11) is 0. The van der Waals surface area contributed by atoms with Crippen LogP contribution in [-0.4, -0.2) is 61.2 Å². The number of alkyl halides is 3. The number of alkyl carbamates (subject to hydrolysis) is 1. The largest absolute Gasteiger partial charge is 0.481 e. The van der Waals surface area contributed by atoms with Gasteiger partial charge in [-0.2, -0.15) is 13.2 Å². The number of nitrogens with one attached hydrogen (secondary N) is 2. The van der Waals surface area contributed by atoms with Gasteiger partial charge in [0.05, 0.1) is 12.5 Å². The number of ether oxygens (including phenoxy) is 2. The number of carboxylic acid groups (broad SMARTS) is 1. The second-order valence-electron chi connectivity index (χ2n) is 7.86. The maximum absolute atomic E-state index is 13.5. The van der Waals surface area contributed by atoms with Crippen molar-refractivity contribution in [2.24, 2.45) is 0 Å². The standard InChI is InChI=1S/C24H25F3N2O6/c1-2-34-14(11-20(30)31)12-28-22(32)21(24(25,26)27)29-23(33)35-13-19-17-9-5-3-7-15(17)16-8-4-6-10-18(16)19/h3-10,14,19,21H,2,11-13H2,1H3,(H,28,32)(H,29,33)(H,30,31). The molecule has 3 rings (SSSR count). The summed E-state index contributed by atoms with van der Waals surface area (Å²) in [6, 6.07) is 12.0. The zero-order valence-corrected chi connectivity index (χ0v) is 18.8. The molecule has 1 aliphatic carbocycles. The number of amides is 2. The fourth-order valence-corrected chi connectivity index (χ4v) is 3.99. The van der Waals surface area contributed by atoms with Crippen molar-refractivity contribution < 1.29 is 42.1 Å². The molecule has 0 saturated carbocycles. The van der Waals surface area contributed by atoms with Crippen molar-refractivity contribution >= 4 is 18.0 Å². The van der Waals surface area contributed by atoms with Gasteiger partial charge in [-0.3, -0.25) is 9.59 Å². The molecule has 2 amide bonds. The Hall–Kier alpha value is -3.60. The van der Waals surface area contributed by atoms with Crippen molar-refractivity contribution in [3.05, 3.63) is 59.7 Å². The molecular weight excluding hydrogens is 469 g/mol. The number of hydrogen-bond donors (Lipinski definition) is 3. The van der Waals surface area contributed by atoms with E-state index < -0.39 is 49.3 Å². The molecule has 0 saturated heterocycles. The van der Waals surface area contributed by atoms with Gasteiger partial charge in [-0.1, -0.05) is 48.5 Å². The first-order valence-electron chi connectivity index (χ1n) is 10.9. The molecule has 0 fully saturated rings. The summed E-state index contributed by atoms with van der Waals surface area (Å²) in [5.41, 5.74) is 3.67. The lowest BCUT2D eigenvalue weighted by Crippen LogP contribution is -2.56. The minimum absolute atomic E-state index is 0.106. The van der Waals surface area contributed by atoms with Crippen LogP contribution in [0.5, 0.6) is 0 Å². The van der Waals surface area contributed by atoms with Crippen LogP contribution >= 0.6 is 0 Å². The fraction of sp³-hybridized carbons (Fsp3) is 0.375. The van der Waals surface area contributed by atoms with Crippen molar-refractivity contribution in [1.29, 1.82) is 0 Å². The maximum atomic E-state index is 13.5. The van der Waals surface area contributed by atoms with Gasteiger partial charge in [-0.15, -0.1) is 0 Å². The Bertz CT molecular complexity index is 1030. The monoisotopic (exact) mass is 494 g/mol. The molecule has 0 spiro atoms. The zero-order chi connectivity index (χ0) is 25.6. The van der Waals surface area contributed by atoms with Gasteiger partial charge < -0.3 is 25.2 Å². The molecule has 0 heterocycles. The summed E-state index contributed by atoms with van der Waals surface area (Å²) in [4.78, 5) is 35.3. The number of carboxylic acids is 1. The van der Waals surface area contributed by atoms with Crippen LogP contribution in [0.1, 0.15) is 30.4 Å². The number of hydrogen-bond acceptors (Lipinski definition) is 5. The van der Waals surface area contributed by atoms with E-state index in [1.807, 2.05) is 53.8 Å². The summed E-state index contributed by atoms with van der Waals surface area (Å²) < 4.78 is 50.7. The van der Waals surface area contributed by atoms with Gasteiger partial charge in [-0.25, -0.2) is 4.79 Å². The van der Waals surface area contributed by atoms with E-state index in [-0.39, 0.29) is 19.1 Å². The lowest BCUT2D eigenvalue weighted by molar-refractivity contribution is -0.168. The van der Waals surface area contributed by atoms with Crippen LogP contribution in [-0.2, 0) is 19.1 Å². The third-order valence-corrected chi connectivity index (χ3v) is 5.50. The van der Waals surface area contributed by atoms with Crippen molar-refractivity contribution in [3.63, 3.8) is 0 Å². The van der Waals surface area contributed by atoms with Crippen molar-refractivity contribution in [3.8, 4) is 11.1 Å². The average molecular weight is 494 g/mol. The van der Waals surface area contributed by atoms with Crippen LogP contribution in [0.25, 0.3) is 11.1 Å². The highest BCUT2D eigenvalue weighted by Crippen LogP contribution is 2.44. The van der Waals surface area contributed by atoms with Crippen LogP contribution in [0, 0.1) is 0 Å². The van der Waals surface area contributed by atoms with Crippen molar-refractivity contribution in [2.45, 2.75) is 37.6 Å². The molecule has 188 valence electrons. The topological polar surface area (TPSA) is 114 Å². The first kappa shape index (κ1) is 26.0. The number of fused-ring (bicyclic) bond motifs is 3. The number of rotatable bonds is 10. The molecule has 1 aliphatic rings. The molecule has 0 bridgehead atoms. The number of carbonyl (C=O) groups is 3. The van der Waals surface area contributed by atoms with E-state index >= 15 is 0 Å². The number of halogens is 3. The van der Waals surface area contributed by atoms with Crippen molar-refractivity contribution in [1.82, 2.24) is 10.6 Å². The summed E-state index contributed by atoms with van der Waals surface area (Å²) in [6.45, 7) is 0.984.